The Balaban J connectivity index is 2.37. The van der Waals surface area contributed by atoms with E-state index in [-0.39, 0.29) is 5.54 Å². The van der Waals surface area contributed by atoms with Crippen LogP contribution in [0.5, 0.6) is 0 Å². The number of aliphatic hydroxyl groups excluding tert-OH is 1. The molecule has 0 saturated carbocycles. The van der Waals surface area contributed by atoms with E-state index in [1.807, 2.05) is 0 Å². The molecular formula is C9H19NO. The molecule has 0 aliphatic carbocycles. The minimum Gasteiger partial charge on any atom is -0.396 e. The second kappa shape index (κ2) is 3.11. The molecule has 0 spiro atoms. The van der Waals surface area contributed by atoms with Gasteiger partial charge in [-0.1, -0.05) is 0 Å². The lowest BCUT2D eigenvalue weighted by Crippen LogP contribution is -2.57. The topological polar surface area (TPSA) is 23.5 Å². The van der Waals surface area contributed by atoms with Gasteiger partial charge in [-0.25, -0.2) is 0 Å². The smallest absolute Gasteiger partial charge is 0.0445 e. The SMILES string of the molecule is CC(C)(C)N1CCC1CCO. The first-order valence-electron chi connectivity index (χ1n) is 4.43. The molecule has 2 nitrogen and oxygen atoms in total. The second-order valence-corrected chi connectivity index (χ2v) is 4.32. The number of likely N-dealkylation sites (tertiary alicyclic amines) is 1. The van der Waals surface area contributed by atoms with E-state index in [0.717, 1.165) is 6.42 Å². The van der Waals surface area contributed by atoms with Crippen molar-refractivity contribution < 1.29 is 5.11 Å². The fourth-order valence-electron chi connectivity index (χ4n) is 1.77. The first-order valence-corrected chi connectivity index (χ1v) is 4.43. The fraction of sp³-hybridized carbons (Fsp3) is 1.00. The lowest BCUT2D eigenvalue weighted by molar-refractivity contribution is -0.00966. The predicted octanol–water partition coefficient (Wildman–Crippen LogP) is 1.24. The average molecular weight is 157 g/mol. The molecule has 1 aliphatic rings. The molecule has 0 aromatic rings. The zero-order valence-electron chi connectivity index (χ0n) is 7.80. The molecule has 1 unspecified atom stereocenters. The Hall–Kier alpha value is -0.0800. The van der Waals surface area contributed by atoms with Crippen LogP contribution in [0.25, 0.3) is 0 Å². The van der Waals surface area contributed by atoms with Gasteiger partial charge in [0.1, 0.15) is 0 Å². The molecule has 1 fully saturated rings. The van der Waals surface area contributed by atoms with Gasteiger partial charge in [-0.3, -0.25) is 4.90 Å². The van der Waals surface area contributed by atoms with Crippen molar-refractivity contribution in [2.45, 2.75) is 45.2 Å². The summed E-state index contributed by atoms with van der Waals surface area (Å²) >= 11 is 0. The van der Waals surface area contributed by atoms with Crippen molar-refractivity contribution >= 4 is 0 Å². The fourth-order valence-corrected chi connectivity index (χ4v) is 1.77. The van der Waals surface area contributed by atoms with E-state index in [4.69, 9.17) is 5.11 Å². The zero-order chi connectivity index (χ0) is 8.48. The van der Waals surface area contributed by atoms with Crippen LogP contribution < -0.4 is 0 Å². The summed E-state index contributed by atoms with van der Waals surface area (Å²) in [7, 11) is 0. The normalized spacial score (nSPS) is 26.7. The van der Waals surface area contributed by atoms with Crippen LogP contribution in [-0.4, -0.2) is 34.7 Å². The predicted molar refractivity (Wildman–Crippen MR) is 46.6 cm³/mol. The Morgan fingerprint density at radius 1 is 1.45 bits per heavy atom. The summed E-state index contributed by atoms with van der Waals surface area (Å²) in [5.41, 5.74) is 0.290. The van der Waals surface area contributed by atoms with Gasteiger partial charge >= 0.3 is 0 Å². The van der Waals surface area contributed by atoms with E-state index in [1.54, 1.807) is 0 Å². The number of nitrogens with zero attached hydrogens (tertiary/aromatic N) is 1. The molecule has 0 bridgehead atoms. The highest BCUT2D eigenvalue weighted by molar-refractivity contribution is 4.90. The van der Waals surface area contributed by atoms with Crippen LogP contribution in [0.3, 0.4) is 0 Å². The summed E-state index contributed by atoms with van der Waals surface area (Å²) in [6.45, 7) is 8.23. The minimum absolute atomic E-state index is 0.290. The maximum absolute atomic E-state index is 8.76. The molecule has 1 saturated heterocycles. The molecule has 0 amide bonds. The molecule has 1 heterocycles. The van der Waals surface area contributed by atoms with Gasteiger partial charge in [-0.05, 0) is 33.6 Å². The Morgan fingerprint density at radius 2 is 2.09 bits per heavy atom. The monoisotopic (exact) mass is 157 g/mol. The van der Waals surface area contributed by atoms with E-state index in [9.17, 15) is 0 Å². The summed E-state index contributed by atoms with van der Waals surface area (Å²) in [6, 6.07) is 0.639. The molecule has 0 aromatic heterocycles. The van der Waals surface area contributed by atoms with Crippen molar-refractivity contribution in [3.05, 3.63) is 0 Å². The quantitative estimate of drug-likeness (QED) is 0.652. The lowest BCUT2D eigenvalue weighted by atomic mass is 9.92. The van der Waals surface area contributed by atoms with Crippen molar-refractivity contribution in [2.24, 2.45) is 0 Å². The van der Waals surface area contributed by atoms with Gasteiger partial charge in [0.25, 0.3) is 0 Å². The van der Waals surface area contributed by atoms with Crippen LogP contribution in [0.2, 0.25) is 0 Å². The van der Waals surface area contributed by atoms with Crippen molar-refractivity contribution in [1.29, 1.82) is 0 Å². The first-order chi connectivity index (χ1) is 5.05. The third-order valence-electron chi connectivity index (χ3n) is 2.47. The highest BCUT2D eigenvalue weighted by Crippen LogP contribution is 2.28. The summed E-state index contributed by atoms with van der Waals surface area (Å²) in [4.78, 5) is 2.46. The summed E-state index contributed by atoms with van der Waals surface area (Å²) < 4.78 is 0. The van der Waals surface area contributed by atoms with Crippen LogP contribution in [0.4, 0.5) is 0 Å². The second-order valence-electron chi connectivity index (χ2n) is 4.32. The molecular weight excluding hydrogens is 138 g/mol. The Kier molecular flexibility index (Phi) is 2.55. The number of rotatable bonds is 2. The van der Waals surface area contributed by atoms with Gasteiger partial charge in [0.05, 0.1) is 0 Å². The molecule has 0 radical (unpaired) electrons. The lowest BCUT2D eigenvalue weighted by Gasteiger charge is -2.49. The summed E-state index contributed by atoms with van der Waals surface area (Å²) in [5.74, 6) is 0. The third-order valence-corrected chi connectivity index (χ3v) is 2.47. The maximum Gasteiger partial charge on any atom is 0.0445 e. The molecule has 1 rings (SSSR count). The zero-order valence-corrected chi connectivity index (χ0v) is 7.80. The standard InChI is InChI=1S/C9H19NO/c1-9(2,3)10-6-4-8(10)5-7-11/h8,11H,4-7H2,1-3H3. The van der Waals surface area contributed by atoms with E-state index < -0.39 is 0 Å². The Labute approximate surface area is 69.2 Å². The van der Waals surface area contributed by atoms with Crippen LogP contribution in [0, 0.1) is 0 Å². The minimum atomic E-state index is 0.290. The maximum atomic E-state index is 8.76. The number of hydrogen-bond acceptors (Lipinski definition) is 2. The first kappa shape index (κ1) is 9.01. The van der Waals surface area contributed by atoms with Crippen LogP contribution in [-0.2, 0) is 0 Å². The van der Waals surface area contributed by atoms with Crippen LogP contribution in [0.1, 0.15) is 33.6 Å². The van der Waals surface area contributed by atoms with Gasteiger partial charge < -0.3 is 5.11 Å². The van der Waals surface area contributed by atoms with Gasteiger partial charge in [-0.15, -0.1) is 0 Å². The molecule has 1 N–H and O–H groups in total. The average Bonchev–Trinajstić information content (AvgIpc) is 1.75. The van der Waals surface area contributed by atoms with E-state index >= 15 is 0 Å². The molecule has 0 aromatic carbocycles. The van der Waals surface area contributed by atoms with Crippen LogP contribution in [0.15, 0.2) is 0 Å². The molecule has 1 atom stereocenters. The third kappa shape index (κ3) is 1.94. The molecule has 2 heteroatoms. The van der Waals surface area contributed by atoms with Gasteiger partial charge in [0, 0.05) is 24.7 Å². The largest absolute Gasteiger partial charge is 0.396 e. The highest BCUT2D eigenvalue weighted by Gasteiger charge is 2.34. The van der Waals surface area contributed by atoms with Crippen LogP contribution >= 0.6 is 0 Å². The van der Waals surface area contributed by atoms with Crippen molar-refractivity contribution in [3.8, 4) is 0 Å². The Morgan fingerprint density at radius 3 is 2.36 bits per heavy atom. The highest BCUT2D eigenvalue weighted by atomic mass is 16.3. The van der Waals surface area contributed by atoms with Crippen molar-refractivity contribution in [1.82, 2.24) is 4.90 Å². The molecule has 66 valence electrons. The number of hydrogen-bond donors (Lipinski definition) is 1. The van der Waals surface area contributed by atoms with Crippen molar-refractivity contribution in [2.75, 3.05) is 13.2 Å². The van der Waals surface area contributed by atoms with Crippen molar-refractivity contribution in [3.63, 3.8) is 0 Å². The van der Waals surface area contributed by atoms with E-state index in [0.29, 0.717) is 12.6 Å². The Bertz CT molecular complexity index is 128. The van der Waals surface area contributed by atoms with Gasteiger partial charge in [0.2, 0.25) is 0 Å². The molecule has 1 aliphatic heterocycles. The summed E-state index contributed by atoms with van der Waals surface area (Å²) in [5, 5.41) is 8.76. The van der Waals surface area contributed by atoms with Gasteiger partial charge in [-0.2, -0.15) is 0 Å². The summed E-state index contributed by atoms with van der Waals surface area (Å²) in [6.07, 6.45) is 2.20. The number of aliphatic hydroxyl groups is 1. The van der Waals surface area contributed by atoms with Gasteiger partial charge in [0.15, 0.2) is 0 Å². The molecule has 11 heavy (non-hydrogen) atoms. The van der Waals surface area contributed by atoms with E-state index in [2.05, 4.69) is 25.7 Å². The van der Waals surface area contributed by atoms with E-state index in [1.165, 1.54) is 13.0 Å².